The van der Waals surface area contributed by atoms with E-state index in [9.17, 15) is 4.79 Å². The van der Waals surface area contributed by atoms with Gasteiger partial charge in [0.2, 0.25) is 0 Å². The molecule has 1 aromatic carbocycles. The molecule has 1 N–H and O–H groups in total. The minimum absolute atomic E-state index is 0.00667. The molecule has 86 valence electrons. The number of aromatic nitrogens is 1. The number of aromatic amines is 1. The number of ketones is 1. The minimum atomic E-state index is 0.00667. The summed E-state index contributed by atoms with van der Waals surface area (Å²) in [6, 6.07) is 9.18. The van der Waals surface area contributed by atoms with Gasteiger partial charge >= 0.3 is 0 Å². The molecule has 0 aliphatic heterocycles. The molecule has 0 unspecified atom stereocenters. The van der Waals surface area contributed by atoms with Gasteiger partial charge in [-0.05, 0) is 23.6 Å². The topological polar surface area (TPSA) is 56.6 Å². The Morgan fingerprint density at radius 2 is 2.22 bits per heavy atom. The van der Waals surface area contributed by atoms with Crippen molar-refractivity contribution in [3.8, 4) is 6.07 Å². The molecule has 0 aliphatic carbocycles. The molecule has 0 aliphatic rings. The maximum Gasteiger partial charge on any atom is 0.196 e. The smallest absolute Gasteiger partial charge is 0.196 e. The van der Waals surface area contributed by atoms with Crippen LogP contribution in [-0.4, -0.2) is 10.8 Å². The maximum atomic E-state index is 12.3. The molecule has 0 bridgehead atoms. The molecular weight excluding hydrogens is 244 g/mol. The number of thiophene rings is 1. The summed E-state index contributed by atoms with van der Waals surface area (Å²) in [6.07, 6.45) is 1.70. The van der Waals surface area contributed by atoms with E-state index in [0.29, 0.717) is 16.7 Å². The van der Waals surface area contributed by atoms with E-state index in [1.54, 1.807) is 18.3 Å². The number of nitriles is 1. The molecule has 0 fully saturated rings. The second-order valence-electron chi connectivity index (χ2n) is 3.92. The van der Waals surface area contributed by atoms with E-state index in [1.807, 2.05) is 22.9 Å². The Bertz CT molecular complexity index is 763. The number of carbonyl (C=O) groups is 1. The highest BCUT2D eigenvalue weighted by atomic mass is 32.1. The van der Waals surface area contributed by atoms with Gasteiger partial charge in [0, 0.05) is 33.6 Å². The van der Waals surface area contributed by atoms with E-state index in [1.165, 1.54) is 11.3 Å². The lowest BCUT2D eigenvalue weighted by atomic mass is 10.0. The third kappa shape index (κ3) is 1.62. The van der Waals surface area contributed by atoms with Gasteiger partial charge in [-0.3, -0.25) is 4.79 Å². The number of fused-ring (bicyclic) bond motifs is 1. The fourth-order valence-corrected chi connectivity index (χ4v) is 2.57. The van der Waals surface area contributed by atoms with Crippen molar-refractivity contribution in [3.63, 3.8) is 0 Å². The fourth-order valence-electron chi connectivity index (χ4n) is 1.93. The number of H-pyrrole nitrogens is 1. The zero-order chi connectivity index (χ0) is 12.5. The van der Waals surface area contributed by atoms with Crippen LogP contribution < -0.4 is 0 Å². The molecule has 0 radical (unpaired) electrons. The molecule has 3 aromatic rings. The van der Waals surface area contributed by atoms with Crippen LogP contribution in [0.2, 0.25) is 0 Å². The van der Waals surface area contributed by atoms with Crippen LogP contribution in [0, 0.1) is 11.3 Å². The van der Waals surface area contributed by atoms with E-state index in [2.05, 4.69) is 11.1 Å². The summed E-state index contributed by atoms with van der Waals surface area (Å²) in [4.78, 5) is 15.3. The third-order valence-electron chi connectivity index (χ3n) is 2.84. The third-order valence-corrected chi connectivity index (χ3v) is 3.52. The second kappa shape index (κ2) is 4.13. The predicted octanol–water partition coefficient (Wildman–Crippen LogP) is 3.33. The summed E-state index contributed by atoms with van der Waals surface area (Å²) in [7, 11) is 0. The van der Waals surface area contributed by atoms with Gasteiger partial charge in [0.1, 0.15) is 0 Å². The van der Waals surface area contributed by atoms with Crippen molar-refractivity contribution in [3.05, 3.63) is 57.9 Å². The molecule has 0 atom stereocenters. The molecule has 0 spiro atoms. The van der Waals surface area contributed by atoms with Gasteiger partial charge in [-0.1, -0.05) is 6.07 Å². The first-order valence-electron chi connectivity index (χ1n) is 5.38. The van der Waals surface area contributed by atoms with E-state index in [4.69, 9.17) is 5.26 Å². The van der Waals surface area contributed by atoms with Crippen molar-refractivity contribution in [2.24, 2.45) is 0 Å². The molecular formula is C14H8N2OS. The first kappa shape index (κ1) is 10.8. The molecule has 0 saturated carbocycles. The number of carbonyl (C=O) groups excluding carboxylic acids is 1. The number of benzene rings is 1. The van der Waals surface area contributed by atoms with Crippen LogP contribution >= 0.6 is 11.3 Å². The summed E-state index contributed by atoms with van der Waals surface area (Å²) in [5.41, 5.74) is 2.74. The Balaban J connectivity index is 2.14. The van der Waals surface area contributed by atoms with Crippen LogP contribution in [0.3, 0.4) is 0 Å². The zero-order valence-electron chi connectivity index (χ0n) is 9.31. The van der Waals surface area contributed by atoms with Crippen LogP contribution in [0.4, 0.5) is 0 Å². The molecule has 2 aromatic heterocycles. The molecule has 3 rings (SSSR count). The SMILES string of the molecule is N#Cc1ccc2c(C(=O)c3ccsc3)c[nH]c2c1. The number of nitrogens with zero attached hydrogens (tertiary/aromatic N) is 1. The molecule has 18 heavy (non-hydrogen) atoms. The van der Waals surface area contributed by atoms with E-state index < -0.39 is 0 Å². The van der Waals surface area contributed by atoms with Gasteiger partial charge in [-0.15, -0.1) is 0 Å². The van der Waals surface area contributed by atoms with Crippen molar-refractivity contribution in [2.75, 3.05) is 0 Å². The van der Waals surface area contributed by atoms with Gasteiger partial charge in [-0.25, -0.2) is 0 Å². The van der Waals surface area contributed by atoms with E-state index >= 15 is 0 Å². The molecule has 0 amide bonds. The Hall–Kier alpha value is -2.38. The first-order valence-corrected chi connectivity index (χ1v) is 6.32. The van der Waals surface area contributed by atoms with Gasteiger partial charge in [0.15, 0.2) is 5.78 Å². The highest BCUT2D eigenvalue weighted by Gasteiger charge is 2.14. The second-order valence-corrected chi connectivity index (χ2v) is 4.70. The van der Waals surface area contributed by atoms with Crippen molar-refractivity contribution >= 4 is 28.0 Å². The predicted molar refractivity (Wildman–Crippen MR) is 70.8 cm³/mol. The van der Waals surface area contributed by atoms with Gasteiger partial charge in [-0.2, -0.15) is 16.6 Å². The molecule has 0 saturated heterocycles. The summed E-state index contributed by atoms with van der Waals surface area (Å²) >= 11 is 1.50. The Morgan fingerprint density at radius 3 is 2.94 bits per heavy atom. The summed E-state index contributed by atoms with van der Waals surface area (Å²) in [6.45, 7) is 0. The standard InChI is InChI=1S/C14H8N2OS/c15-6-9-1-2-11-12(7-16-13(11)5-9)14(17)10-3-4-18-8-10/h1-5,7-8,16H. The van der Waals surface area contributed by atoms with Crippen molar-refractivity contribution in [2.45, 2.75) is 0 Å². The number of hydrogen-bond donors (Lipinski definition) is 1. The largest absolute Gasteiger partial charge is 0.360 e. The Morgan fingerprint density at radius 1 is 1.33 bits per heavy atom. The maximum absolute atomic E-state index is 12.3. The monoisotopic (exact) mass is 252 g/mol. The molecule has 2 heterocycles. The van der Waals surface area contributed by atoms with Crippen molar-refractivity contribution in [1.82, 2.24) is 4.98 Å². The lowest BCUT2D eigenvalue weighted by Crippen LogP contribution is -1.97. The van der Waals surface area contributed by atoms with Crippen LogP contribution in [-0.2, 0) is 0 Å². The summed E-state index contributed by atoms with van der Waals surface area (Å²) in [5.74, 6) is 0.00667. The van der Waals surface area contributed by atoms with Crippen LogP contribution in [0.25, 0.3) is 10.9 Å². The van der Waals surface area contributed by atoms with Crippen LogP contribution in [0.5, 0.6) is 0 Å². The van der Waals surface area contributed by atoms with E-state index in [0.717, 1.165) is 10.9 Å². The van der Waals surface area contributed by atoms with Gasteiger partial charge in [0.25, 0.3) is 0 Å². The average Bonchev–Trinajstić information content (AvgIpc) is 3.06. The highest BCUT2D eigenvalue weighted by Crippen LogP contribution is 2.23. The normalized spacial score (nSPS) is 10.4. The average molecular weight is 252 g/mol. The fraction of sp³-hybridized carbons (Fsp3) is 0. The molecule has 3 nitrogen and oxygen atoms in total. The lowest BCUT2D eigenvalue weighted by molar-refractivity contribution is 0.104. The number of hydrogen-bond acceptors (Lipinski definition) is 3. The molecule has 4 heteroatoms. The Kier molecular flexibility index (Phi) is 2.47. The van der Waals surface area contributed by atoms with Crippen molar-refractivity contribution in [1.29, 1.82) is 5.26 Å². The van der Waals surface area contributed by atoms with Crippen LogP contribution in [0.15, 0.2) is 41.2 Å². The minimum Gasteiger partial charge on any atom is -0.360 e. The summed E-state index contributed by atoms with van der Waals surface area (Å²) in [5, 5.41) is 13.4. The van der Waals surface area contributed by atoms with Gasteiger partial charge < -0.3 is 4.98 Å². The number of rotatable bonds is 2. The quantitative estimate of drug-likeness (QED) is 0.711. The zero-order valence-corrected chi connectivity index (χ0v) is 10.1. The highest BCUT2D eigenvalue weighted by molar-refractivity contribution is 7.08. The van der Waals surface area contributed by atoms with Gasteiger partial charge in [0.05, 0.1) is 11.6 Å². The lowest BCUT2D eigenvalue weighted by Gasteiger charge is -1.96. The Labute approximate surface area is 107 Å². The summed E-state index contributed by atoms with van der Waals surface area (Å²) < 4.78 is 0. The van der Waals surface area contributed by atoms with Crippen molar-refractivity contribution < 1.29 is 4.79 Å². The van der Waals surface area contributed by atoms with E-state index in [-0.39, 0.29) is 5.78 Å². The number of nitrogens with one attached hydrogen (secondary N) is 1. The van der Waals surface area contributed by atoms with Crippen LogP contribution in [0.1, 0.15) is 21.5 Å². The first-order chi connectivity index (χ1) is 8.79.